The molecule has 1 aromatic heterocycles. The number of fused-ring (bicyclic) bond motifs is 1. The highest BCUT2D eigenvalue weighted by atomic mass is 16.5. The molecule has 0 saturated heterocycles. The summed E-state index contributed by atoms with van der Waals surface area (Å²) >= 11 is 0. The van der Waals surface area contributed by atoms with Gasteiger partial charge in [0.15, 0.2) is 11.5 Å². The van der Waals surface area contributed by atoms with Crippen molar-refractivity contribution in [3.63, 3.8) is 0 Å². The minimum Gasteiger partial charge on any atom is -0.493 e. The fourth-order valence-electron chi connectivity index (χ4n) is 2.75. The predicted molar refractivity (Wildman–Crippen MR) is 89.5 cm³/mol. The minimum atomic E-state index is -0.0480. The van der Waals surface area contributed by atoms with Crippen LogP contribution < -0.4 is 15.2 Å². The maximum absolute atomic E-state index is 6.34. The largest absolute Gasteiger partial charge is 0.493 e. The second-order valence-corrected chi connectivity index (χ2v) is 6.07. The van der Waals surface area contributed by atoms with E-state index in [0.29, 0.717) is 11.7 Å². The highest BCUT2D eigenvalue weighted by molar-refractivity contribution is 5.80. The van der Waals surface area contributed by atoms with Crippen molar-refractivity contribution in [1.29, 1.82) is 0 Å². The highest BCUT2D eigenvalue weighted by Gasteiger charge is 2.19. The third kappa shape index (κ3) is 3.19. The van der Waals surface area contributed by atoms with Crippen molar-refractivity contribution >= 4 is 11.0 Å². The molecule has 5 nitrogen and oxygen atoms in total. The molecule has 0 aliphatic heterocycles. The molecule has 0 aliphatic carbocycles. The molecular weight excluding hydrogens is 278 g/mol. The average Bonchev–Trinajstić information content (AvgIpc) is 2.83. The van der Waals surface area contributed by atoms with Crippen LogP contribution in [0.25, 0.3) is 11.0 Å². The molecule has 22 heavy (non-hydrogen) atoms. The fourth-order valence-corrected chi connectivity index (χ4v) is 2.75. The molecule has 2 N–H and O–H groups in total. The SMILES string of the molecule is CCCC(N)c1nc2cc(OC)c(OC)cc2n1CC(C)C. The minimum absolute atomic E-state index is 0.0480. The third-order valence-electron chi connectivity index (χ3n) is 3.76. The van der Waals surface area contributed by atoms with Gasteiger partial charge in [-0.15, -0.1) is 0 Å². The van der Waals surface area contributed by atoms with Crippen molar-refractivity contribution in [2.45, 2.75) is 46.2 Å². The van der Waals surface area contributed by atoms with Crippen LogP contribution in [0, 0.1) is 5.92 Å². The lowest BCUT2D eigenvalue weighted by Gasteiger charge is -2.16. The van der Waals surface area contributed by atoms with Crippen molar-refractivity contribution in [2.24, 2.45) is 11.7 Å². The lowest BCUT2D eigenvalue weighted by molar-refractivity contribution is 0.355. The summed E-state index contributed by atoms with van der Waals surface area (Å²) in [6.45, 7) is 7.42. The summed E-state index contributed by atoms with van der Waals surface area (Å²) in [5, 5.41) is 0. The van der Waals surface area contributed by atoms with Crippen molar-refractivity contribution in [2.75, 3.05) is 14.2 Å². The second-order valence-electron chi connectivity index (χ2n) is 6.07. The van der Waals surface area contributed by atoms with Crippen LogP contribution in [-0.4, -0.2) is 23.8 Å². The maximum Gasteiger partial charge on any atom is 0.163 e. The number of methoxy groups -OCH3 is 2. The Morgan fingerprint density at radius 1 is 1.18 bits per heavy atom. The Morgan fingerprint density at radius 2 is 1.82 bits per heavy atom. The predicted octanol–water partition coefficient (Wildman–Crippen LogP) is 3.51. The van der Waals surface area contributed by atoms with Gasteiger partial charge in [0.25, 0.3) is 0 Å². The Balaban J connectivity index is 2.63. The lowest BCUT2D eigenvalue weighted by Crippen LogP contribution is -2.18. The standard InChI is InChI=1S/C17H27N3O2/c1-6-7-12(18)17-19-13-8-15(21-4)16(22-5)9-14(13)20(17)10-11(2)3/h8-9,11-12H,6-7,10,18H2,1-5H3. The van der Waals surface area contributed by atoms with Crippen LogP contribution >= 0.6 is 0 Å². The van der Waals surface area contributed by atoms with Crippen LogP contribution in [0.4, 0.5) is 0 Å². The van der Waals surface area contributed by atoms with Gasteiger partial charge in [-0.25, -0.2) is 4.98 Å². The molecule has 5 heteroatoms. The molecule has 1 atom stereocenters. The van der Waals surface area contributed by atoms with Gasteiger partial charge in [0.1, 0.15) is 5.82 Å². The molecule has 2 aromatic rings. The number of imidazole rings is 1. The number of nitrogens with two attached hydrogens (primary N) is 1. The summed E-state index contributed by atoms with van der Waals surface area (Å²) in [6.07, 6.45) is 1.97. The first kappa shape index (κ1) is 16.6. The van der Waals surface area contributed by atoms with Gasteiger partial charge < -0.3 is 19.8 Å². The number of benzene rings is 1. The van der Waals surface area contributed by atoms with Crippen molar-refractivity contribution in [1.82, 2.24) is 9.55 Å². The molecule has 0 bridgehead atoms. The van der Waals surface area contributed by atoms with Crippen molar-refractivity contribution < 1.29 is 9.47 Å². The summed E-state index contributed by atoms with van der Waals surface area (Å²) in [6, 6.07) is 3.87. The van der Waals surface area contributed by atoms with E-state index in [1.807, 2.05) is 12.1 Å². The van der Waals surface area contributed by atoms with Crippen LogP contribution in [0.5, 0.6) is 11.5 Å². The summed E-state index contributed by atoms with van der Waals surface area (Å²) < 4.78 is 13.0. The van der Waals surface area contributed by atoms with E-state index in [0.717, 1.165) is 42.0 Å². The van der Waals surface area contributed by atoms with Crippen LogP contribution in [0.1, 0.15) is 45.5 Å². The summed E-state index contributed by atoms with van der Waals surface area (Å²) in [5.74, 6) is 2.87. The van der Waals surface area contributed by atoms with Crippen molar-refractivity contribution in [3.05, 3.63) is 18.0 Å². The normalized spacial score (nSPS) is 12.9. The zero-order chi connectivity index (χ0) is 16.3. The number of ether oxygens (including phenoxy) is 2. The van der Waals surface area contributed by atoms with Gasteiger partial charge in [-0.3, -0.25) is 0 Å². The zero-order valence-electron chi connectivity index (χ0n) is 14.2. The van der Waals surface area contributed by atoms with Crippen molar-refractivity contribution in [3.8, 4) is 11.5 Å². The third-order valence-corrected chi connectivity index (χ3v) is 3.76. The molecule has 1 aromatic carbocycles. The Morgan fingerprint density at radius 3 is 2.36 bits per heavy atom. The Hall–Kier alpha value is -1.75. The Labute approximate surface area is 132 Å². The molecule has 0 radical (unpaired) electrons. The first-order valence-electron chi connectivity index (χ1n) is 7.89. The van der Waals surface area contributed by atoms with E-state index in [1.165, 1.54) is 0 Å². The monoisotopic (exact) mass is 305 g/mol. The Kier molecular flexibility index (Phi) is 5.29. The number of hydrogen-bond acceptors (Lipinski definition) is 4. The van der Waals surface area contributed by atoms with Gasteiger partial charge in [-0.1, -0.05) is 27.2 Å². The number of rotatable bonds is 7. The van der Waals surface area contributed by atoms with Gasteiger partial charge in [0, 0.05) is 18.7 Å². The average molecular weight is 305 g/mol. The lowest BCUT2D eigenvalue weighted by atomic mass is 10.1. The van der Waals surface area contributed by atoms with E-state index in [1.54, 1.807) is 14.2 Å². The zero-order valence-corrected chi connectivity index (χ0v) is 14.2. The maximum atomic E-state index is 6.34. The fraction of sp³-hybridized carbons (Fsp3) is 0.588. The molecule has 0 spiro atoms. The smallest absolute Gasteiger partial charge is 0.163 e. The summed E-state index contributed by atoms with van der Waals surface area (Å²) in [5.41, 5.74) is 8.29. The topological polar surface area (TPSA) is 62.3 Å². The molecule has 0 aliphatic rings. The second kappa shape index (κ2) is 7.01. The molecule has 1 heterocycles. The molecule has 0 amide bonds. The van der Waals surface area contributed by atoms with Crippen LogP contribution in [-0.2, 0) is 6.54 Å². The van der Waals surface area contributed by atoms with Gasteiger partial charge in [0.05, 0.1) is 31.3 Å². The van der Waals surface area contributed by atoms with Crippen LogP contribution in [0.15, 0.2) is 12.1 Å². The van der Waals surface area contributed by atoms with E-state index >= 15 is 0 Å². The molecule has 1 unspecified atom stereocenters. The van der Waals surface area contributed by atoms with Gasteiger partial charge in [-0.05, 0) is 12.3 Å². The van der Waals surface area contributed by atoms with E-state index in [-0.39, 0.29) is 6.04 Å². The van der Waals surface area contributed by atoms with Gasteiger partial charge >= 0.3 is 0 Å². The Bertz CT molecular complexity index is 634. The quantitative estimate of drug-likeness (QED) is 0.850. The number of aromatic nitrogens is 2. The highest BCUT2D eigenvalue weighted by Crippen LogP contribution is 2.34. The molecule has 2 rings (SSSR count). The van der Waals surface area contributed by atoms with E-state index < -0.39 is 0 Å². The van der Waals surface area contributed by atoms with E-state index in [9.17, 15) is 0 Å². The van der Waals surface area contributed by atoms with Crippen LogP contribution in [0.2, 0.25) is 0 Å². The summed E-state index contributed by atoms with van der Waals surface area (Å²) in [7, 11) is 3.29. The van der Waals surface area contributed by atoms with E-state index in [4.69, 9.17) is 20.2 Å². The van der Waals surface area contributed by atoms with E-state index in [2.05, 4.69) is 25.3 Å². The molecular formula is C17H27N3O2. The van der Waals surface area contributed by atoms with Crippen LogP contribution in [0.3, 0.4) is 0 Å². The first-order valence-corrected chi connectivity index (χ1v) is 7.89. The van der Waals surface area contributed by atoms with Gasteiger partial charge in [-0.2, -0.15) is 0 Å². The number of nitrogens with zero attached hydrogens (tertiary/aromatic N) is 2. The number of hydrogen-bond donors (Lipinski definition) is 1. The molecule has 0 saturated carbocycles. The van der Waals surface area contributed by atoms with Gasteiger partial charge in [0.2, 0.25) is 0 Å². The molecule has 122 valence electrons. The molecule has 0 fully saturated rings. The first-order chi connectivity index (χ1) is 10.5. The summed E-state index contributed by atoms with van der Waals surface area (Å²) in [4.78, 5) is 4.77.